The molecule has 0 aliphatic carbocycles. The van der Waals surface area contributed by atoms with E-state index in [4.69, 9.17) is 24.9 Å². The smallest absolute Gasteiger partial charge is 0.374 e. The molecule has 0 aromatic rings. The van der Waals surface area contributed by atoms with E-state index in [1.807, 2.05) is 20.8 Å². The Balaban J connectivity index is 0. The second kappa shape index (κ2) is 11.1. The topological polar surface area (TPSA) is 27.7 Å². The molecule has 0 saturated heterocycles. The molecule has 0 fully saturated rings. The molecule has 0 bridgehead atoms. The van der Waals surface area contributed by atoms with Crippen molar-refractivity contribution in [3.8, 4) is 0 Å². The first-order valence-corrected chi connectivity index (χ1v) is 7.69. The summed E-state index contributed by atoms with van der Waals surface area (Å²) in [5.74, 6) is 0.627. The van der Waals surface area contributed by atoms with Gasteiger partial charge < -0.3 is 13.3 Å². The Morgan fingerprint density at radius 3 is 1.60 bits per heavy atom. The molecular formula is C9H21ClO3Si2. The Kier molecular flexibility index (Phi) is 13.3. The van der Waals surface area contributed by atoms with Crippen LogP contribution >= 0.6 is 11.6 Å². The maximum absolute atomic E-state index is 5.66. The van der Waals surface area contributed by atoms with Crippen LogP contribution in [0.4, 0.5) is 0 Å². The van der Waals surface area contributed by atoms with Crippen molar-refractivity contribution in [2.75, 3.05) is 25.7 Å². The van der Waals surface area contributed by atoms with Crippen molar-refractivity contribution >= 4 is 31.4 Å². The Morgan fingerprint density at radius 2 is 1.33 bits per heavy atom. The summed E-state index contributed by atoms with van der Waals surface area (Å²) in [6, 6.07) is 0.812. The van der Waals surface area contributed by atoms with Crippen molar-refractivity contribution in [1.29, 1.82) is 0 Å². The van der Waals surface area contributed by atoms with E-state index in [1.165, 1.54) is 0 Å². The highest BCUT2D eigenvalue weighted by molar-refractivity contribution is 6.60. The first-order valence-electron chi connectivity index (χ1n) is 5.22. The van der Waals surface area contributed by atoms with Gasteiger partial charge in [0.25, 0.3) is 0 Å². The van der Waals surface area contributed by atoms with E-state index in [9.17, 15) is 0 Å². The molecule has 0 aromatic heterocycles. The number of hydrogen-bond donors (Lipinski definition) is 0. The van der Waals surface area contributed by atoms with Crippen LogP contribution in [0.15, 0.2) is 0 Å². The van der Waals surface area contributed by atoms with Gasteiger partial charge in [-0.25, -0.2) is 0 Å². The van der Waals surface area contributed by atoms with E-state index in [2.05, 4.69) is 0 Å². The number of hydrogen-bond acceptors (Lipinski definition) is 3. The summed E-state index contributed by atoms with van der Waals surface area (Å²) < 4.78 is 16.9. The standard InChI is InChI=1S/C9H21ClO3Si.Si/c1-4-11-14(12-5-2,13-6-3)9-7-8-10;/h4-9H2,1-3H3;. The van der Waals surface area contributed by atoms with E-state index in [0.717, 1.165) is 12.5 Å². The van der Waals surface area contributed by atoms with Gasteiger partial charge in [0, 0.05) is 42.7 Å². The van der Waals surface area contributed by atoms with Gasteiger partial charge in [-0.2, -0.15) is 0 Å². The van der Waals surface area contributed by atoms with E-state index in [1.54, 1.807) is 0 Å². The normalized spacial score (nSPS) is 11.2. The summed E-state index contributed by atoms with van der Waals surface area (Å²) >= 11 is 5.66. The molecule has 0 spiro atoms. The number of alkyl halides is 1. The number of rotatable bonds is 9. The summed E-state index contributed by atoms with van der Waals surface area (Å²) in [7, 11) is -2.40. The average Bonchev–Trinajstić information content (AvgIpc) is 2.16. The highest BCUT2D eigenvalue weighted by atomic mass is 35.5. The molecule has 0 heterocycles. The van der Waals surface area contributed by atoms with E-state index in [0.29, 0.717) is 25.7 Å². The molecule has 0 saturated carbocycles. The summed E-state index contributed by atoms with van der Waals surface area (Å²) in [5, 5.41) is 0. The van der Waals surface area contributed by atoms with Crippen molar-refractivity contribution in [1.82, 2.24) is 0 Å². The summed E-state index contributed by atoms with van der Waals surface area (Å²) in [6.07, 6.45) is 0.883. The molecule has 0 atom stereocenters. The van der Waals surface area contributed by atoms with Gasteiger partial charge in [0.1, 0.15) is 0 Å². The first-order chi connectivity index (χ1) is 6.74. The predicted octanol–water partition coefficient (Wildman–Crippen LogP) is 2.28. The minimum Gasteiger partial charge on any atom is -0.374 e. The molecular weight excluding hydrogens is 248 g/mol. The molecule has 90 valence electrons. The van der Waals surface area contributed by atoms with Crippen LogP contribution in [-0.4, -0.2) is 45.5 Å². The molecule has 0 aliphatic rings. The van der Waals surface area contributed by atoms with Crippen LogP contribution < -0.4 is 0 Å². The van der Waals surface area contributed by atoms with Crippen molar-refractivity contribution < 1.29 is 13.3 Å². The molecule has 0 rings (SSSR count). The first kappa shape index (κ1) is 18.0. The maximum atomic E-state index is 5.66. The molecule has 15 heavy (non-hydrogen) atoms. The lowest BCUT2D eigenvalue weighted by atomic mass is 10.6. The van der Waals surface area contributed by atoms with E-state index in [-0.39, 0.29) is 11.0 Å². The van der Waals surface area contributed by atoms with Gasteiger partial charge in [0.05, 0.1) is 0 Å². The van der Waals surface area contributed by atoms with Gasteiger partial charge in [0.2, 0.25) is 0 Å². The van der Waals surface area contributed by atoms with Crippen LogP contribution in [0, 0.1) is 0 Å². The van der Waals surface area contributed by atoms with Crippen LogP contribution in [0.1, 0.15) is 27.2 Å². The van der Waals surface area contributed by atoms with Crippen LogP contribution in [0.2, 0.25) is 6.04 Å². The number of halogens is 1. The highest BCUT2D eigenvalue weighted by Crippen LogP contribution is 2.18. The minimum atomic E-state index is -2.40. The van der Waals surface area contributed by atoms with Crippen LogP contribution in [-0.2, 0) is 13.3 Å². The Bertz CT molecular complexity index is 122. The van der Waals surface area contributed by atoms with Crippen LogP contribution in [0.5, 0.6) is 0 Å². The Labute approximate surface area is 104 Å². The fourth-order valence-electron chi connectivity index (χ4n) is 1.28. The Hall–Kier alpha value is 0.604. The second-order valence-electron chi connectivity index (χ2n) is 2.77. The molecule has 0 N–H and O–H groups in total. The molecule has 4 radical (unpaired) electrons. The fraction of sp³-hybridized carbons (Fsp3) is 1.00. The van der Waals surface area contributed by atoms with Gasteiger partial charge in [0.15, 0.2) is 0 Å². The van der Waals surface area contributed by atoms with Crippen LogP contribution in [0.25, 0.3) is 0 Å². The zero-order valence-corrected chi connectivity index (χ0v) is 12.6. The quantitative estimate of drug-likeness (QED) is 0.474. The van der Waals surface area contributed by atoms with E-state index < -0.39 is 8.80 Å². The predicted molar refractivity (Wildman–Crippen MR) is 66.5 cm³/mol. The van der Waals surface area contributed by atoms with Crippen molar-refractivity contribution in [3.63, 3.8) is 0 Å². The largest absolute Gasteiger partial charge is 0.500 e. The molecule has 0 amide bonds. The molecule has 6 heteroatoms. The zero-order valence-electron chi connectivity index (χ0n) is 9.85. The third kappa shape index (κ3) is 7.49. The lowest BCUT2D eigenvalue weighted by Gasteiger charge is -2.28. The van der Waals surface area contributed by atoms with Crippen molar-refractivity contribution in [3.05, 3.63) is 0 Å². The average molecular weight is 269 g/mol. The van der Waals surface area contributed by atoms with Gasteiger partial charge in [-0.05, 0) is 27.2 Å². The summed E-state index contributed by atoms with van der Waals surface area (Å²) in [6.45, 7) is 7.78. The van der Waals surface area contributed by atoms with Crippen LogP contribution in [0.3, 0.4) is 0 Å². The third-order valence-corrected chi connectivity index (χ3v) is 5.13. The summed E-state index contributed by atoms with van der Waals surface area (Å²) in [5.41, 5.74) is 0. The van der Waals surface area contributed by atoms with Gasteiger partial charge in [-0.3, -0.25) is 0 Å². The SMILES string of the molecule is CCO[Si](CCCCl)(OCC)OCC.[Si]. The minimum absolute atomic E-state index is 0. The van der Waals surface area contributed by atoms with Gasteiger partial charge in [-0.1, -0.05) is 0 Å². The third-order valence-electron chi connectivity index (χ3n) is 1.71. The van der Waals surface area contributed by atoms with Crippen molar-refractivity contribution in [2.24, 2.45) is 0 Å². The Morgan fingerprint density at radius 1 is 0.933 bits per heavy atom. The van der Waals surface area contributed by atoms with Crippen molar-refractivity contribution in [2.45, 2.75) is 33.2 Å². The molecule has 0 aromatic carbocycles. The molecule has 0 unspecified atom stereocenters. The van der Waals surface area contributed by atoms with E-state index >= 15 is 0 Å². The summed E-state index contributed by atoms with van der Waals surface area (Å²) in [4.78, 5) is 0. The molecule has 0 aliphatic heterocycles. The second-order valence-corrected chi connectivity index (χ2v) is 5.88. The fourth-order valence-corrected chi connectivity index (χ4v) is 4.25. The molecule has 3 nitrogen and oxygen atoms in total. The zero-order chi connectivity index (χ0) is 10.9. The monoisotopic (exact) mass is 268 g/mol. The van der Waals surface area contributed by atoms with Gasteiger partial charge in [-0.15, -0.1) is 11.6 Å². The van der Waals surface area contributed by atoms with Gasteiger partial charge >= 0.3 is 8.80 Å². The lowest BCUT2D eigenvalue weighted by Crippen LogP contribution is -2.46. The highest BCUT2D eigenvalue weighted by Gasteiger charge is 2.39. The maximum Gasteiger partial charge on any atom is 0.500 e. The lowest BCUT2D eigenvalue weighted by molar-refractivity contribution is 0.0712.